The molecule has 1 aliphatic rings. The molecule has 0 aliphatic carbocycles. The van der Waals surface area contributed by atoms with E-state index in [2.05, 4.69) is 42.1 Å². The zero-order chi connectivity index (χ0) is 26.8. The minimum atomic E-state index is -0.583. The van der Waals surface area contributed by atoms with Crippen molar-refractivity contribution in [3.8, 4) is 11.5 Å². The van der Waals surface area contributed by atoms with Gasteiger partial charge in [0.2, 0.25) is 5.95 Å². The monoisotopic (exact) mass is 574 g/mol. The number of ether oxygens (including phenoxy) is 2. The Kier molecular flexibility index (Phi) is 7.15. The lowest BCUT2D eigenvalue weighted by Crippen LogP contribution is -2.31. The molecule has 1 atom stereocenters. The molecule has 0 radical (unpaired) electrons. The maximum absolute atomic E-state index is 13.7. The normalized spacial score (nSPS) is 14.5. The first-order valence-electron chi connectivity index (χ1n) is 12.0. The highest BCUT2D eigenvalue weighted by molar-refractivity contribution is 9.10. The highest BCUT2D eigenvalue weighted by atomic mass is 79.9. The number of hydrogen-bond donors (Lipinski definition) is 2. The Balaban J connectivity index is 1.48. The molecule has 1 unspecified atom stereocenters. The van der Waals surface area contributed by atoms with E-state index >= 15 is 0 Å². The fourth-order valence-electron chi connectivity index (χ4n) is 4.52. The summed E-state index contributed by atoms with van der Waals surface area (Å²) in [5.74, 6) is 1.33. The van der Waals surface area contributed by atoms with Crippen molar-refractivity contribution in [1.82, 2.24) is 20.2 Å². The summed E-state index contributed by atoms with van der Waals surface area (Å²) in [6.07, 6.45) is 0. The van der Waals surface area contributed by atoms with Crippen LogP contribution in [0.15, 0.2) is 76.4 Å². The Morgan fingerprint density at radius 3 is 2.68 bits per heavy atom. The van der Waals surface area contributed by atoms with E-state index in [0.717, 1.165) is 32.4 Å². The first-order valence-corrected chi connectivity index (χ1v) is 12.8. The van der Waals surface area contributed by atoms with Crippen LogP contribution < -0.4 is 20.1 Å². The number of nitrogens with one attached hydrogen (secondary N) is 2. The van der Waals surface area contributed by atoms with Gasteiger partial charge in [-0.1, -0.05) is 56.9 Å². The number of amides is 1. The molecule has 0 saturated heterocycles. The third-order valence-corrected chi connectivity index (χ3v) is 6.87. The number of carbonyl (C=O) groups excluding carboxylic acids is 1. The molecular weight excluding hydrogens is 548 g/mol. The number of tetrazole rings is 1. The zero-order valence-electron chi connectivity index (χ0n) is 21.4. The van der Waals surface area contributed by atoms with Crippen LogP contribution in [-0.4, -0.2) is 33.2 Å². The molecule has 0 spiro atoms. The van der Waals surface area contributed by atoms with Crippen molar-refractivity contribution in [2.24, 2.45) is 0 Å². The van der Waals surface area contributed by atoms with E-state index in [1.54, 1.807) is 11.8 Å². The lowest BCUT2D eigenvalue weighted by atomic mass is 9.94. The first kappa shape index (κ1) is 25.5. The summed E-state index contributed by atoms with van der Waals surface area (Å²) in [4.78, 5) is 13.7. The summed E-state index contributed by atoms with van der Waals surface area (Å²) in [6, 6.07) is 18.9. The van der Waals surface area contributed by atoms with Gasteiger partial charge in [-0.15, -0.1) is 0 Å². The third-order valence-electron chi connectivity index (χ3n) is 6.38. The van der Waals surface area contributed by atoms with Crippen molar-refractivity contribution in [2.75, 3.05) is 17.7 Å². The summed E-state index contributed by atoms with van der Waals surface area (Å²) in [6.45, 7) is 6.21. The fraction of sp³-hybridized carbons (Fsp3) is 0.214. The van der Waals surface area contributed by atoms with E-state index in [9.17, 15) is 4.79 Å². The van der Waals surface area contributed by atoms with Crippen LogP contribution in [0, 0.1) is 13.8 Å². The lowest BCUT2D eigenvalue weighted by molar-refractivity contribution is -0.113. The van der Waals surface area contributed by atoms with E-state index in [1.165, 1.54) is 0 Å². The molecule has 1 amide bonds. The molecule has 2 N–H and O–H groups in total. The maximum atomic E-state index is 13.7. The number of aryl methyl sites for hydroxylation is 2. The number of aromatic nitrogens is 4. The molecule has 38 heavy (non-hydrogen) atoms. The van der Waals surface area contributed by atoms with Crippen molar-refractivity contribution in [3.05, 3.63) is 98.7 Å². The van der Waals surface area contributed by atoms with Gasteiger partial charge in [0.1, 0.15) is 12.6 Å². The smallest absolute Gasteiger partial charge is 0.255 e. The van der Waals surface area contributed by atoms with Gasteiger partial charge in [-0.2, -0.15) is 4.68 Å². The number of anilines is 2. The zero-order valence-corrected chi connectivity index (χ0v) is 23.0. The number of nitrogens with zero attached hydrogens (tertiary/aromatic N) is 4. The van der Waals surface area contributed by atoms with Crippen molar-refractivity contribution < 1.29 is 14.3 Å². The number of halogens is 1. The van der Waals surface area contributed by atoms with Crippen molar-refractivity contribution in [2.45, 2.75) is 33.4 Å². The molecule has 1 aromatic heterocycles. The predicted molar refractivity (Wildman–Crippen MR) is 148 cm³/mol. The largest absolute Gasteiger partial charge is 0.493 e. The van der Waals surface area contributed by atoms with Gasteiger partial charge in [0.05, 0.1) is 12.7 Å². The van der Waals surface area contributed by atoms with Crippen LogP contribution >= 0.6 is 15.9 Å². The fourth-order valence-corrected chi connectivity index (χ4v) is 4.97. The minimum Gasteiger partial charge on any atom is -0.493 e. The summed E-state index contributed by atoms with van der Waals surface area (Å²) >= 11 is 3.49. The summed E-state index contributed by atoms with van der Waals surface area (Å²) < 4.78 is 14.3. The SMILES string of the molecule is COc1cc(C2C(C(=O)Nc3ccc(C)cc3C)=C(C)Nc3nnnn32)ccc1OCc1cccc(Br)c1. The van der Waals surface area contributed by atoms with E-state index in [0.29, 0.717) is 35.3 Å². The van der Waals surface area contributed by atoms with Gasteiger partial charge in [-0.25, -0.2) is 0 Å². The molecule has 10 heteroatoms. The number of rotatable bonds is 7. The molecule has 2 heterocycles. The summed E-state index contributed by atoms with van der Waals surface area (Å²) in [7, 11) is 1.59. The summed E-state index contributed by atoms with van der Waals surface area (Å²) in [5, 5.41) is 18.3. The minimum absolute atomic E-state index is 0.248. The van der Waals surface area contributed by atoms with Crippen LogP contribution in [0.1, 0.15) is 35.2 Å². The van der Waals surface area contributed by atoms with E-state index in [4.69, 9.17) is 9.47 Å². The van der Waals surface area contributed by atoms with Gasteiger partial charge < -0.3 is 20.1 Å². The van der Waals surface area contributed by atoms with Crippen LogP contribution in [0.25, 0.3) is 0 Å². The van der Waals surface area contributed by atoms with Gasteiger partial charge in [0.15, 0.2) is 11.5 Å². The predicted octanol–water partition coefficient (Wildman–Crippen LogP) is 5.57. The van der Waals surface area contributed by atoms with E-state index < -0.39 is 6.04 Å². The molecule has 9 nitrogen and oxygen atoms in total. The topological polar surface area (TPSA) is 103 Å². The maximum Gasteiger partial charge on any atom is 0.255 e. The van der Waals surface area contributed by atoms with Crippen molar-refractivity contribution >= 4 is 33.5 Å². The van der Waals surface area contributed by atoms with Crippen molar-refractivity contribution in [1.29, 1.82) is 0 Å². The average molecular weight is 575 g/mol. The number of allylic oxidation sites excluding steroid dienone is 1. The van der Waals surface area contributed by atoms with Crippen LogP contribution in [-0.2, 0) is 11.4 Å². The number of carbonyl (C=O) groups is 1. The Morgan fingerprint density at radius 1 is 1.08 bits per heavy atom. The lowest BCUT2D eigenvalue weighted by Gasteiger charge is -2.28. The standard InChI is InChI=1S/C28H27BrN6O3/c1-16-8-10-22(17(2)12-16)31-27(36)25-18(3)30-28-32-33-34-35(28)26(25)20-9-11-23(24(14-20)37-4)38-15-19-6-5-7-21(29)13-19/h5-14,26H,15H2,1-4H3,(H,31,36)(H,30,32,34). The van der Waals surface area contributed by atoms with E-state index in [1.807, 2.05) is 81.4 Å². The third kappa shape index (κ3) is 5.12. The van der Waals surface area contributed by atoms with Gasteiger partial charge >= 0.3 is 0 Å². The Hall–Kier alpha value is -4.18. The average Bonchev–Trinajstić information content (AvgIpc) is 3.36. The quantitative estimate of drug-likeness (QED) is 0.297. The second kappa shape index (κ2) is 10.7. The van der Waals surface area contributed by atoms with Crippen LogP contribution in [0.2, 0.25) is 0 Å². The second-order valence-electron chi connectivity index (χ2n) is 9.11. The Labute approximate surface area is 229 Å². The van der Waals surface area contributed by atoms with Crippen molar-refractivity contribution in [3.63, 3.8) is 0 Å². The molecule has 4 aromatic rings. The van der Waals surface area contributed by atoms with Crippen LogP contribution in [0.5, 0.6) is 11.5 Å². The first-order chi connectivity index (χ1) is 18.3. The Morgan fingerprint density at radius 2 is 1.92 bits per heavy atom. The molecule has 3 aromatic carbocycles. The van der Waals surface area contributed by atoms with Gasteiger partial charge in [-0.3, -0.25) is 4.79 Å². The highest BCUT2D eigenvalue weighted by Gasteiger charge is 2.34. The molecule has 194 valence electrons. The molecule has 0 fully saturated rings. The van der Waals surface area contributed by atoms with Gasteiger partial charge in [-0.05, 0) is 78.2 Å². The molecular formula is C28H27BrN6O3. The molecule has 5 rings (SSSR count). The molecule has 0 bridgehead atoms. The Bertz CT molecular complexity index is 1550. The number of methoxy groups -OCH3 is 1. The molecule has 1 aliphatic heterocycles. The second-order valence-corrected chi connectivity index (χ2v) is 10.0. The summed E-state index contributed by atoms with van der Waals surface area (Å²) in [5.41, 5.74) is 5.80. The number of hydrogen-bond acceptors (Lipinski definition) is 7. The number of benzene rings is 3. The number of fused-ring (bicyclic) bond motifs is 1. The molecule has 0 saturated carbocycles. The van der Waals surface area contributed by atoms with Gasteiger partial charge in [0.25, 0.3) is 5.91 Å². The highest BCUT2D eigenvalue weighted by Crippen LogP contribution is 2.39. The van der Waals surface area contributed by atoms with E-state index in [-0.39, 0.29) is 5.91 Å². The van der Waals surface area contributed by atoms with Crippen LogP contribution in [0.4, 0.5) is 11.6 Å². The van der Waals surface area contributed by atoms with Gasteiger partial charge in [0, 0.05) is 15.9 Å². The van der Waals surface area contributed by atoms with Crippen LogP contribution in [0.3, 0.4) is 0 Å².